The summed E-state index contributed by atoms with van der Waals surface area (Å²) in [7, 11) is 1.57. The van der Waals surface area contributed by atoms with E-state index in [9.17, 15) is 14.9 Å². The number of fused-ring (bicyclic) bond motifs is 1. The number of anilines is 1. The van der Waals surface area contributed by atoms with Crippen LogP contribution in [0.5, 0.6) is 5.75 Å². The quantitative estimate of drug-likeness (QED) is 0.298. The van der Waals surface area contributed by atoms with Crippen molar-refractivity contribution in [3.05, 3.63) is 92.4 Å². The molecule has 1 aromatic heterocycles. The first-order chi connectivity index (χ1) is 14.5. The fourth-order valence-electron chi connectivity index (χ4n) is 3.46. The molecule has 4 rings (SSSR count). The number of nitro benzene ring substituents is 1. The second kappa shape index (κ2) is 7.67. The second-order valence-electron chi connectivity index (χ2n) is 6.78. The molecule has 0 aliphatic rings. The summed E-state index contributed by atoms with van der Waals surface area (Å²) in [4.78, 5) is 22.8. The minimum atomic E-state index is -0.500. The first-order valence-electron chi connectivity index (χ1n) is 9.15. The lowest BCUT2D eigenvalue weighted by molar-refractivity contribution is -0.383. The third-order valence-corrected chi connectivity index (χ3v) is 4.97. The van der Waals surface area contributed by atoms with Crippen molar-refractivity contribution in [1.82, 2.24) is 10.2 Å². The second-order valence-corrected chi connectivity index (χ2v) is 6.78. The zero-order valence-electron chi connectivity index (χ0n) is 16.1. The Bertz CT molecular complexity index is 1330. The van der Waals surface area contributed by atoms with Gasteiger partial charge >= 0.3 is 0 Å². The number of nitrogens with zero attached hydrogens (tertiary/aromatic N) is 2. The number of H-pyrrole nitrogens is 1. The molecule has 0 amide bonds. The van der Waals surface area contributed by atoms with E-state index in [1.54, 1.807) is 31.4 Å². The van der Waals surface area contributed by atoms with Gasteiger partial charge in [-0.05, 0) is 35.4 Å². The average molecular weight is 402 g/mol. The third-order valence-electron chi connectivity index (χ3n) is 4.97. The molecular formula is C22H18N4O4. The highest BCUT2D eigenvalue weighted by molar-refractivity contribution is 5.84. The molecule has 0 aliphatic heterocycles. The normalized spacial score (nSPS) is 10.8. The lowest BCUT2D eigenvalue weighted by atomic mass is 9.98. The number of hydrogen-bond donors (Lipinski definition) is 2. The van der Waals surface area contributed by atoms with Crippen LogP contribution in [0.4, 0.5) is 11.4 Å². The highest BCUT2D eigenvalue weighted by atomic mass is 16.6. The Morgan fingerprint density at radius 3 is 2.50 bits per heavy atom. The summed E-state index contributed by atoms with van der Waals surface area (Å²) in [6, 6.07) is 17.5. The fourth-order valence-corrected chi connectivity index (χ4v) is 3.46. The molecule has 0 unspecified atom stereocenters. The van der Waals surface area contributed by atoms with E-state index >= 15 is 0 Å². The summed E-state index contributed by atoms with van der Waals surface area (Å²) >= 11 is 0. The summed E-state index contributed by atoms with van der Waals surface area (Å²) in [6.45, 7) is 0. The lowest BCUT2D eigenvalue weighted by Crippen LogP contribution is -2.11. The van der Waals surface area contributed by atoms with Gasteiger partial charge in [-0.1, -0.05) is 30.3 Å². The molecule has 0 fully saturated rings. The number of rotatable bonds is 5. The number of nitro groups is 1. The molecule has 3 N–H and O–H groups in total. The summed E-state index contributed by atoms with van der Waals surface area (Å²) in [6.07, 6.45) is 0.408. The van der Waals surface area contributed by atoms with Crippen molar-refractivity contribution in [3.8, 4) is 16.9 Å². The molecule has 8 nitrogen and oxygen atoms in total. The molecule has 8 heteroatoms. The highest BCUT2D eigenvalue weighted by Gasteiger charge is 2.15. The van der Waals surface area contributed by atoms with Gasteiger partial charge in [0.2, 0.25) is 0 Å². The zero-order chi connectivity index (χ0) is 21.3. The summed E-state index contributed by atoms with van der Waals surface area (Å²) in [5, 5.41) is 19.3. The molecule has 0 atom stereocenters. The molecule has 150 valence electrons. The first-order valence-corrected chi connectivity index (χ1v) is 9.15. The van der Waals surface area contributed by atoms with Crippen molar-refractivity contribution < 1.29 is 9.66 Å². The Hall–Kier alpha value is -4.20. The minimum Gasteiger partial charge on any atom is -0.496 e. The van der Waals surface area contributed by atoms with E-state index in [-0.39, 0.29) is 16.9 Å². The van der Waals surface area contributed by atoms with E-state index in [0.717, 1.165) is 16.5 Å². The van der Waals surface area contributed by atoms with E-state index in [2.05, 4.69) is 10.2 Å². The van der Waals surface area contributed by atoms with Crippen LogP contribution in [0.1, 0.15) is 11.3 Å². The smallest absolute Gasteiger partial charge is 0.292 e. The number of aromatic nitrogens is 2. The maximum Gasteiger partial charge on any atom is 0.292 e. The SMILES string of the molecule is COc1ccc(-c2ccc(N)c([N+](=O)[O-])c2)cc1Cc1n[nH]c(=O)c2ccccc12. The van der Waals surface area contributed by atoms with Crippen molar-refractivity contribution in [2.75, 3.05) is 12.8 Å². The zero-order valence-corrected chi connectivity index (χ0v) is 16.1. The average Bonchev–Trinajstić information content (AvgIpc) is 2.76. The van der Waals surface area contributed by atoms with Crippen LogP contribution in [-0.2, 0) is 6.42 Å². The molecule has 0 saturated carbocycles. The Labute approximate surface area is 171 Å². The Balaban J connectivity index is 1.80. The Kier molecular flexibility index (Phi) is 4.89. The minimum absolute atomic E-state index is 0.112. The van der Waals surface area contributed by atoms with Crippen LogP contribution < -0.4 is 16.0 Å². The van der Waals surface area contributed by atoms with Crippen LogP contribution in [0.15, 0.2) is 65.5 Å². The van der Waals surface area contributed by atoms with Gasteiger partial charge in [0, 0.05) is 23.4 Å². The third kappa shape index (κ3) is 3.46. The summed E-state index contributed by atoms with van der Waals surface area (Å²) in [5.41, 5.74) is 8.41. The lowest BCUT2D eigenvalue weighted by Gasteiger charge is -2.12. The fraction of sp³-hybridized carbons (Fsp3) is 0.0909. The van der Waals surface area contributed by atoms with E-state index in [1.165, 1.54) is 12.1 Å². The number of benzene rings is 3. The van der Waals surface area contributed by atoms with Crippen molar-refractivity contribution in [2.45, 2.75) is 6.42 Å². The Morgan fingerprint density at radius 2 is 1.77 bits per heavy atom. The monoisotopic (exact) mass is 402 g/mol. The van der Waals surface area contributed by atoms with Gasteiger partial charge in [0.05, 0.1) is 23.1 Å². The molecule has 30 heavy (non-hydrogen) atoms. The van der Waals surface area contributed by atoms with Gasteiger partial charge in [0.25, 0.3) is 11.2 Å². The number of methoxy groups -OCH3 is 1. The first kappa shape index (κ1) is 19.1. The molecule has 0 aliphatic carbocycles. The van der Waals surface area contributed by atoms with Gasteiger partial charge in [0.15, 0.2) is 0 Å². The molecule has 0 saturated heterocycles. The van der Waals surface area contributed by atoms with Crippen LogP contribution in [0.2, 0.25) is 0 Å². The van der Waals surface area contributed by atoms with Crippen LogP contribution in [0.25, 0.3) is 21.9 Å². The predicted molar refractivity (Wildman–Crippen MR) is 115 cm³/mol. The standard InChI is InChI=1S/C22H18N4O4/c1-30-21-9-7-13(14-6-8-18(23)20(12-14)26(28)29)10-15(21)11-19-16-4-2-3-5-17(16)22(27)25-24-19/h2-10,12H,11,23H2,1H3,(H,25,27). The van der Waals surface area contributed by atoms with Gasteiger partial charge in [0.1, 0.15) is 11.4 Å². The van der Waals surface area contributed by atoms with Crippen LogP contribution in [0.3, 0.4) is 0 Å². The van der Waals surface area contributed by atoms with Crippen molar-refractivity contribution in [1.29, 1.82) is 0 Å². The highest BCUT2D eigenvalue weighted by Crippen LogP contribution is 2.32. The molecular weight excluding hydrogens is 384 g/mol. The van der Waals surface area contributed by atoms with Crippen LogP contribution in [-0.4, -0.2) is 22.2 Å². The van der Waals surface area contributed by atoms with E-state index < -0.39 is 4.92 Å². The van der Waals surface area contributed by atoms with Gasteiger partial charge in [-0.2, -0.15) is 5.10 Å². The molecule has 0 spiro atoms. The van der Waals surface area contributed by atoms with Gasteiger partial charge in [-0.15, -0.1) is 0 Å². The summed E-state index contributed by atoms with van der Waals surface area (Å²) < 4.78 is 5.50. The molecule has 0 radical (unpaired) electrons. The molecule has 4 aromatic rings. The molecule has 3 aromatic carbocycles. The summed E-state index contributed by atoms with van der Waals surface area (Å²) in [5.74, 6) is 0.653. The Morgan fingerprint density at radius 1 is 1.07 bits per heavy atom. The van der Waals surface area contributed by atoms with Crippen molar-refractivity contribution in [2.24, 2.45) is 0 Å². The predicted octanol–water partition coefficient (Wildman–Crippen LogP) is 3.68. The van der Waals surface area contributed by atoms with E-state index in [0.29, 0.717) is 28.8 Å². The largest absolute Gasteiger partial charge is 0.496 e. The number of hydrogen-bond acceptors (Lipinski definition) is 6. The number of nitrogen functional groups attached to an aromatic ring is 1. The van der Waals surface area contributed by atoms with Gasteiger partial charge in [-0.3, -0.25) is 14.9 Å². The topological polar surface area (TPSA) is 124 Å². The van der Waals surface area contributed by atoms with Gasteiger partial charge < -0.3 is 10.5 Å². The maximum atomic E-state index is 12.1. The number of ether oxygens (including phenoxy) is 1. The number of nitrogens with one attached hydrogen (secondary N) is 1. The van der Waals surface area contributed by atoms with Crippen molar-refractivity contribution >= 4 is 22.1 Å². The molecule has 1 heterocycles. The molecule has 0 bridgehead atoms. The van der Waals surface area contributed by atoms with Gasteiger partial charge in [-0.25, -0.2) is 5.10 Å². The van der Waals surface area contributed by atoms with Crippen molar-refractivity contribution in [3.63, 3.8) is 0 Å². The maximum absolute atomic E-state index is 12.1. The number of nitrogens with two attached hydrogens (primary N) is 1. The van der Waals surface area contributed by atoms with E-state index in [4.69, 9.17) is 10.5 Å². The van der Waals surface area contributed by atoms with Crippen LogP contribution >= 0.6 is 0 Å². The van der Waals surface area contributed by atoms with Crippen LogP contribution in [0, 0.1) is 10.1 Å². The van der Waals surface area contributed by atoms with E-state index in [1.807, 2.05) is 24.3 Å². The number of aromatic amines is 1.